The van der Waals surface area contributed by atoms with E-state index >= 15 is 0 Å². The van der Waals surface area contributed by atoms with Gasteiger partial charge in [0.2, 0.25) is 12.1 Å². The van der Waals surface area contributed by atoms with Crippen LogP contribution in [-0.2, 0) is 24.1 Å². The maximum atomic E-state index is 13.4. The zero-order valence-corrected chi connectivity index (χ0v) is 22.7. The summed E-state index contributed by atoms with van der Waals surface area (Å²) < 4.78 is 28.7. The van der Waals surface area contributed by atoms with Crippen LogP contribution in [0.4, 0.5) is 5.69 Å². The van der Waals surface area contributed by atoms with Crippen LogP contribution in [0, 0.1) is 5.92 Å². The Balaban J connectivity index is 1.71. The normalized spacial score (nSPS) is 17.2. The zero-order valence-electron chi connectivity index (χ0n) is 20.3. The number of likely N-dealkylation sites (N-methyl/N-ethyl adjacent to an activating group) is 1. The first kappa shape index (κ1) is 27.7. The Hall–Kier alpha value is -3.28. The van der Waals surface area contributed by atoms with E-state index < -0.39 is 40.3 Å². The Morgan fingerprint density at radius 3 is 2.37 bits per heavy atom. The Bertz CT molecular complexity index is 1520. The number of nitrogens with one attached hydrogen (secondary N) is 1. The second-order valence-electron chi connectivity index (χ2n) is 8.64. The van der Waals surface area contributed by atoms with E-state index in [4.69, 9.17) is 32.5 Å². The van der Waals surface area contributed by atoms with Crippen molar-refractivity contribution < 1.29 is 22.2 Å². The molecule has 9 nitrogen and oxygen atoms in total. The van der Waals surface area contributed by atoms with E-state index in [1.54, 1.807) is 19.2 Å². The highest BCUT2D eigenvalue weighted by Crippen LogP contribution is 2.33. The minimum absolute atomic E-state index is 0.134. The van der Waals surface area contributed by atoms with E-state index in [1.165, 1.54) is 30.0 Å². The molecule has 0 unspecified atom stereocenters. The molecule has 0 saturated heterocycles. The molecule has 1 aliphatic heterocycles. The number of aliphatic imine (C=N–C) groups is 1. The lowest BCUT2D eigenvalue weighted by atomic mass is 9.96. The monoisotopic (exact) mass is 574 g/mol. The van der Waals surface area contributed by atoms with Gasteiger partial charge in [-0.15, -0.1) is 0 Å². The number of nitrogens with zero attached hydrogens (tertiary/aromatic N) is 2. The molecule has 0 aromatic heterocycles. The summed E-state index contributed by atoms with van der Waals surface area (Å²) in [5.74, 6) is -2.31. The molecular weight excluding hydrogens is 551 g/mol. The van der Waals surface area contributed by atoms with Gasteiger partial charge in [0.25, 0.3) is 5.91 Å². The summed E-state index contributed by atoms with van der Waals surface area (Å²) in [6.45, 7) is 1.44. The van der Waals surface area contributed by atoms with Crippen LogP contribution in [0.5, 0.6) is 0 Å². The first-order chi connectivity index (χ1) is 18.0. The zero-order chi connectivity index (χ0) is 27.6. The van der Waals surface area contributed by atoms with E-state index in [0.29, 0.717) is 17.0 Å². The number of hydrogen-bond acceptors (Lipinski definition) is 6. The van der Waals surface area contributed by atoms with Gasteiger partial charge in [0.15, 0.2) is 0 Å². The number of para-hydroxylation sites is 1. The first-order valence-electron chi connectivity index (χ1n) is 11.4. The van der Waals surface area contributed by atoms with Crippen molar-refractivity contribution in [2.24, 2.45) is 16.0 Å². The van der Waals surface area contributed by atoms with Gasteiger partial charge in [-0.25, -0.2) is 14.3 Å². The molecule has 2 amide bonds. The fraction of sp³-hybridized carbons (Fsp3) is 0.192. The molecule has 0 bridgehead atoms. The Morgan fingerprint density at radius 2 is 1.71 bits per heavy atom. The molecule has 0 aliphatic carbocycles. The van der Waals surface area contributed by atoms with Crippen molar-refractivity contribution in [3.63, 3.8) is 0 Å². The van der Waals surface area contributed by atoms with Crippen LogP contribution in [0.3, 0.4) is 0 Å². The number of anilines is 1. The van der Waals surface area contributed by atoms with Crippen LogP contribution in [0.25, 0.3) is 0 Å². The van der Waals surface area contributed by atoms with Crippen LogP contribution < -0.4 is 15.4 Å². The average Bonchev–Trinajstić information content (AvgIpc) is 2.99. The van der Waals surface area contributed by atoms with Gasteiger partial charge in [-0.05, 0) is 23.8 Å². The second kappa shape index (κ2) is 11.2. The lowest BCUT2D eigenvalue weighted by Crippen LogP contribution is -2.48. The highest BCUT2D eigenvalue weighted by Gasteiger charge is 2.35. The Labute approximate surface area is 230 Å². The van der Waals surface area contributed by atoms with Crippen molar-refractivity contribution in [3.8, 4) is 0 Å². The summed E-state index contributed by atoms with van der Waals surface area (Å²) >= 11 is 12.1. The van der Waals surface area contributed by atoms with Gasteiger partial charge in [-0.2, -0.15) is 8.42 Å². The predicted octanol–water partition coefficient (Wildman–Crippen LogP) is 3.85. The highest BCUT2D eigenvalue weighted by atomic mass is 35.5. The van der Waals surface area contributed by atoms with Crippen molar-refractivity contribution in [2.45, 2.75) is 19.2 Å². The summed E-state index contributed by atoms with van der Waals surface area (Å²) in [6, 6.07) is 20.8. The molecule has 3 N–H and O–H groups in total. The van der Waals surface area contributed by atoms with E-state index in [1.807, 2.05) is 42.5 Å². The summed E-state index contributed by atoms with van der Waals surface area (Å²) in [6.07, 6.45) is -2.66. The second-order valence-corrected chi connectivity index (χ2v) is 10.6. The van der Waals surface area contributed by atoms with Crippen LogP contribution in [0.2, 0.25) is 10.0 Å². The van der Waals surface area contributed by atoms with Crippen LogP contribution in [-0.4, -0.2) is 39.2 Å². The molecular formula is C26H24Cl2N4O5S. The maximum Gasteiger partial charge on any atom is 0.333 e. The van der Waals surface area contributed by atoms with E-state index in [-0.39, 0.29) is 15.6 Å². The fourth-order valence-electron chi connectivity index (χ4n) is 4.11. The van der Waals surface area contributed by atoms with Gasteiger partial charge in [0.05, 0.1) is 27.4 Å². The molecule has 0 fully saturated rings. The number of benzodiazepines with no additional fused rings is 1. The molecule has 12 heteroatoms. The number of amides is 2. The first-order valence-corrected chi connectivity index (χ1v) is 13.7. The van der Waals surface area contributed by atoms with Crippen molar-refractivity contribution in [1.29, 1.82) is 0 Å². The summed E-state index contributed by atoms with van der Waals surface area (Å²) in [5, 5.41) is 8.14. The largest absolute Gasteiger partial charge is 0.333 e. The number of carbonyl (C=O) groups excluding carboxylic acids is 2. The molecule has 198 valence electrons. The molecule has 1 aliphatic rings. The Kier molecular flexibility index (Phi) is 8.19. The van der Waals surface area contributed by atoms with Crippen LogP contribution in [0.1, 0.15) is 29.7 Å². The Morgan fingerprint density at radius 1 is 1.05 bits per heavy atom. The number of fused-ring (bicyclic) bond motifs is 1. The molecule has 3 aromatic carbocycles. The van der Waals surface area contributed by atoms with Crippen LogP contribution in [0.15, 0.2) is 77.8 Å². The van der Waals surface area contributed by atoms with E-state index in [9.17, 15) is 18.0 Å². The number of carbonyl (C=O) groups is 2. The quantitative estimate of drug-likeness (QED) is 0.442. The SMILES string of the molecule is C[C@H](C(=O)N[C@H]1N=C(c2ccccc2)c2ccccc2N(C)C1=O)[C@H](OS(N)(=O)=O)c1ccc(Cl)c(Cl)c1. The van der Waals surface area contributed by atoms with Crippen molar-refractivity contribution >= 4 is 56.7 Å². The van der Waals surface area contributed by atoms with Crippen molar-refractivity contribution in [1.82, 2.24) is 5.32 Å². The number of hydrogen-bond donors (Lipinski definition) is 2. The van der Waals surface area contributed by atoms with Crippen LogP contribution >= 0.6 is 23.2 Å². The molecule has 1 heterocycles. The summed E-state index contributed by atoms with van der Waals surface area (Å²) in [5.41, 5.74) is 2.85. The molecule has 0 saturated carbocycles. The van der Waals surface area contributed by atoms with Crippen molar-refractivity contribution in [3.05, 3.63) is 99.5 Å². The number of rotatable bonds is 7. The average molecular weight is 575 g/mol. The smallest absolute Gasteiger partial charge is 0.326 e. The molecule has 4 rings (SSSR count). The van der Waals surface area contributed by atoms with E-state index in [2.05, 4.69) is 10.3 Å². The molecule has 38 heavy (non-hydrogen) atoms. The summed E-state index contributed by atoms with van der Waals surface area (Å²) in [7, 11) is -2.88. The minimum atomic E-state index is -4.47. The third-order valence-electron chi connectivity index (χ3n) is 6.05. The van der Waals surface area contributed by atoms with Gasteiger partial charge in [-0.1, -0.05) is 84.7 Å². The lowest BCUT2D eigenvalue weighted by molar-refractivity contribution is -0.131. The van der Waals surface area contributed by atoms with Gasteiger partial charge >= 0.3 is 10.3 Å². The molecule has 0 spiro atoms. The van der Waals surface area contributed by atoms with Crippen molar-refractivity contribution in [2.75, 3.05) is 11.9 Å². The predicted molar refractivity (Wildman–Crippen MR) is 146 cm³/mol. The third kappa shape index (κ3) is 6.06. The third-order valence-corrected chi connectivity index (χ3v) is 7.26. The van der Waals surface area contributed by atoms with Gasteiger partial charge in [0, 0.05) is 18.2 Å². The molecule has 0 radical (unpaired) electrons. The summed E-state index contributed by atoms with van der Waals surface area (Å²) in [4.78, 5) is 32.9. The maximum absolute atomic E-state index is 13.4. The molecule has 3 atom stereocenters. The van der Waals surface area contributed by atoms with E-state index in [0.717, 1.165) is 5.56 Å². The molecule has 3 aromatic rings. The number of nitrogens with two attached hydrogens (primary N) is 1. The number of benzene rings is 3. The number of halogens is 2. The van der Waals surface area contributed by atoms with Gasteiger partial charge in [0.1, 0.15) is 6.10 Å². The highest BCUT2D eigenvalue weighted by molar-refractivity contribution is 7.84. The standard InChI is InChI=1S/C26H24Cl2N4O5S/c1-15(23(37-38(29,35)36)17-12-13-19(27)20(28)14-17)25(33)31-24-26(34)32(2)21-11-7-6-10-18(21)22(30-24)16-8-4-3-5-9-16/h3-15,23-24H,1-2H3,(H,31,33)(H2,29,35,36)/t15-,23-,24+/m0/s1. The van der Waals surface area contributed by atoms with Gasteiger partial charge < -0.3 is 10.2 Å². The van der Waals surface area contributed by atoms with Gasteiger partial charge in [-0.3, -0.25) is 9.59 Å². The lowest BCUT2D eigenvalue weighted by Gasteiger charge is -2.25. The topological polar surface area (TPSA) is 131 Å². The minimum Gasteiger partial charge on any atom is -0.326 e. The fourth-order valence-corrected chi connectivity index (χ4v) is 4.98.